The smallest absolute Gasteiger partial charge is 0.265 e. The third-order valence-electron chi connectivity index (χ3n) is 3.90. The van der Waals surface area contributed by atoms with Crippen LogP contribution in [0.3, 0.4) is 0 Å². The number of halogens is 2. The number of benzene rings is 2. The molecule has 2 amide bonds. The van der Waals surface area contributed by atoms with Gasteiger partial charge in [0.25, 0.3) is 5.91 Å². The molecule has 1 heterocycles. The van der Waals surface area contributed by atoms with Crippen molar-refractivity contribution in [1.29, 1.82) is 0 Å². The summed E-state index contributed by atoms with van der Waals surface area (Å²) in [6.45, 7) is 2.14. The lowest BCUT2D eigenvalue weighted by Gasteiger charge is -2.29. The number of amides is 2. The Morgan fingerprint density at radius 1 is 1.26 bits per heavy atom. The first kappa shape index (κ1) is 19.2. The molecule has 0 fully saturated rings. The highest BCUT2D eigenvalue weighted by Gasteiger charge is 2.25. The number of fused-ring (bicyclic) bond motifs is 1. The minimum Gasteiger partial charge on any atom is -0.481 e. The Bertz CT molecular complexity index is 915. The minimum atomic E-state index is -0.153. The quantitative estimate of drug-likeness (QED) is 0.772. The molecule has 0 aromatic heterocycles. The Hall–Kier alpha value is -2.57. The summed E-state index contributed by atoms with van der Waals surface area (Å²) in [5.74, 6) is 0.282. The predicted octanol–water partition coefficient (Wildman–Crippen LogP) is 3.61. The molecule has 0 atom stereocenters. The summed E-state index contributed by atoms with van der Waals surface area (Å²) in [6.07, 6.45) is 1.67. The van der Waals surface area contributed by atoms with Crippen LogP contribution in [0.1, 0.15) is 12.5 Å². The maximum atomic E-state index is 12.1. The number of hydrogen-bond acceptors (Lipinski definition) is 4. The van der Waals surface area contributed by atoms with Crippen LogP contribution < -0.4 is 15.0 Å². The van der Waals surface area contributed by atoms with Crippen molar-refractivity contribution in [2.24, 2.45) is 4.99 Å². The Labute approximate surface area is 166 Å². The minimum absolute atomic E-state index is 0.0486. The highest BCUT2D eigenvalue weighted by Crippen LogP contribution is 2.35. The second kappa shape index (κ2) is 8.41. The second-order valence-corrected chi connectivity index (χ2v) is 6.72. The van der Waals surface area contributed by atoms with Crippen LogP contribution in [0.25, 0.3) is 0 Å². The molecule has 0 bridgehead atoms. The third-order valence-corrected chi connectivity index (χ3v) is 4.64. The van der Waals surface area contributed by atoms with Gasteiger partial charge in [-0.05, 0) is 29.8 Å². The first-order valence-corrected chi connectivity index (χ1v) is 9.00. The van der Waals surface area contributed by atoms with Crippen molar-refractivity contribution in [3.63, 3.8) is 0 Å². The zero-order valence-electron chi connectivity index (χ0n) is 14.5. The molecular formula is C19H17Cl2N3O3. The van der Waals surface area contributed by atoms with E-state index in [4.69, 9.17) is 27.9 Å². The van der Waals surface area contributed by atoms with E-state index < -0.39 is 0 Å². The highest BCUT2D eigenvalue weighted by atomic mass is 35.5. The molecule has 0 unspecified atom stereocenters. The van der Waals surface area contributed by atoms with E-state index in [0.29, 0.717) is 40.3 Å². The van der Waals surface area contributed by atoms with Crippen molar-refractivity contribution in [2.45, 2.75) is 6.92 Å². The van der Waals surface area contributed by atoms with Gasteiger partial charge in [-0.15, -0.1) is 0 Å². The number of carbonyl (C=O) groups excluding carboxylic acids is 2. The van der Waals surface area contributed by atoms with Crippen LogP contribution in [0.4, 0.5) is 11.4 Å². The van der Waals surface area contributed by atoms with Gasteiger partial charge in [-0.2, -0.15) is 0 Å². The molecule has 140 valence electrons. The van der Waals surface area contributed by atoms with Gasteiger partial charge in [-0.1, -0.05) is 29.3 Å². The van der Waals surface area contributed by atoms with Crippen LogP contribution in [0.15, 0.2) is 41.4 Å². The lowest BCUT2D eigenvalue weighted by atomic mass is 10.2. The van der Waals surface area contributed by atoms with E-state index in [1.54, 1.807) is 41.4 Å². The number of nitrogens with zero attached hydrogens (tertiary/aromatic N) is 2. The summed E-state index contributed by atoms with van der Waals surface area (Å²) in [7, 11) is 0. The Morgan fingerprint density at radius 3 is 2.81 bits per heavy atom. The largest absolute Gasteiger partial charge is 0.481 e. The average molecular weight is 406 g/mol. The zero-order valence-corrected chi connectivity index (χ0v) is 16.0. The number of hydrogen-bond donors (Lipinski definition) is 1. The molecule has 27 heavy (non-hydrogen) atoms. The van der Waals surface area contributed by atoms with E-state index >= 15 is 0 Å². The molecule has 0 radical (unpaired) electrons. The Balaban J connectivity index is 1.77. The number of carbonyl (C=O) groups is 2. The molecule has 1 aliphatic heterocycles. The first-order valence-electron chi connectivity index (χ1n) is 8.25. The summed E-state index contributed by atoms with van der Waals surface area (Å²) < 4.78 is 5.53. The van der Waals surface area contributed by atoms with E-state index in [-0.39, 0.29) is 18.4 Å². The molecule has 2 aromatic carbocycles. The van der Waals surface area contributed by atoms with Gasteiger partial charge in [0.1, 0.15) is 5.75 Å². The fraction of sp³-hybridized carbons (Fsp3) is 0.211. The van der Waals surface area contributed by atoms with Crippen LogP contribution in [0, 0.1) is 0 Å². The van der Waals surface area contributed by atoms with Gasteiger partial charge in [-0.3, -0.25) is 14.6 Å². The molecule has 2 aromatic rings. The molecule has 0 saturated carbocycles. The standard InChI is InChI=1S/C19H17Cl2N3O3/c1-12(25)22-6-7-24-17-5-3-14(9-18(17)27-11-19(24)26)23-10-13-2-4-15(20)16(21)8-13/h2-5,8-10H,6-7,11H2,1H3,(H,22,25)/b23-10+. The zero-order chi connectivity index (χ0) is 19.4. The van der Waals surface area contributed by atoms with E-state index in [1.807, 2.05) is 6.07 Å². The van der Waals surface area contributed by atoms with Gasteiger partial charge in [0.2, 0.25) is 5.91 Å². The van der Waals surface area contributed by atoms with E-state index in [9.17, 15) is 9.59 Å². The van der Waals surface area contributed by atoms with E-state index in [2.05, 4.69) is 10.3 Å². The van der Waals surface area contributed by atoms with Crippen molar-refractivity contribution >= 4 is 52.6 Å². The number of ether oxygens (including phenoxy) is 1. The van der Waals surface area contributed by atoms with Crippen LogP contribution in [0.2, 0.25) is 10.0 Å². The summed E-state index contributed by atoms with van der Waals surface area (Å²) in [5.41, 5.74) is 2.15. The van der Waals surface area contributed by atoms with Crippen molar-refractivity contribution in [1.82, 2.24) is 5.32 Å². The summed E-state index contributed by atoms with van der Waals surface area (Å²) in [5, 5.41) is 3.63. The summed E-state index contributed by atoms with van der Waals surface area (Å²) >= 11 is 11.9. The van der Waals surface area contributed by atoms with Gasteiger partial charge < -0.3 is 15.0 Å². The van der Waals surface area contributed by atoms with E-state index in [1.165, 1.54) is 6.92 Å². The Morgan fingerprint density at radius 2 is 2.07 bits per heavy atom. The molecular weight excluding hydrogens is 389 g/mol. The van der Waals surface area contributed by atoms with Crippen molar-refractivity contribution < 1.29 is 14.3 Å². The SMILES string of the molecule is CC(=O)NCCN1C(=O)COc2cc(/N=C/c3ccc(Cl)c(Cl)c3)ccc21. The van der Waals surface area contributed by atoms with Gasteiger partial charge in [0.05, 0.1) is 21.4 Å². The van der Waals surface area contributed by atoms with Crippen molar-refractivity contribution in [2.75, 3.05) is 24.6 Å². The highest BCUT2D eigenvalue weighted by molar-refractivity contribution is 6.42. The molecule has 3 rings (SSSR count). The predicted molar refractivity (Wildman–Crippen MR) is 107 cm³/mol. The molecule has 0 spiro atoms. The maximum absolute atomic E-state index is 12.1. The van der Waals surface area contributed by atoms with Crippen LogP contribution in [-0.4, -0.2) is 37.7 Å². The number of aliphatic imine (C=N–C) groups is 1. The second-order valence-electron chi connectivity index (χ2n) is 5.90. The normalized spacial score (nSPS) is 13.4. The first-order chi connectivity index (χ1) is 12.9. The molecule has 0 saturated heterocycles. The van der Waals surface area contributed by atoms with Crippen LogP contribution >= 0.6 is 23.2 Å². The number of rotatable bonds is 5. The van der Waals surface area contributed by atoms with Gasteiger partial charge in [0.15, 0.2) is 6.61 Å². The third kappa shape index (κ3) is 4.78. The van der Waals surface area contributed by atoms with Gasteiger partial charge in [0, 0.05) is 32.3 Å². The lowest BCUT2D eigenvalue weighted by Crippen LogP contribution is -2.43. The molecule has 6 nitrogen and oxygen atoms in total. The maximum Gasteiger partial charge on any atom is 0.265 e. The van der Waals surface area contributed by atoms with Crippen molar-refractivity contribution in [3.05, 3.63) is 52.0 Å². The Kier molecular flexibility index (Phi) is 5.98. The van der Waals surface area contributed by atoms with Crippen LogP contribution in [0.5, 0.6) is 5.75 Å². The molecule has 1 N–H and O–H groups in total. The molecule has 0 aliphatic carbocycles. The number of nitrogens with one attached hydrogen (secondary N) is 1. The lowest BCUT2D eigenvalue weighted by molar-refractivity contribution is -0.122. The fourth-order valence-corrected chi connectivity index (χ4v) is 2.91. The van der Waals surface area contributed by atoms with Gasteiger partial charge in [-0.25, -0.2) is 0 Å². The van der Waals surface area contributed by atoms with Crippen LogP contribution in [-0.2, 0) is 9.59 Å². The topological polar surface area (TPSA) is 71.0 Å². The fourth-order valence-electron chi connectivity index (χ4n) is 2.60. The van der Waals surface area contributed by atoms with E-state index in [0.717, 1.165) is 5.56 Å². The van der Waals surface area contributed by atoms with Gasteiger partial charge >= 0.3 is 0 Å². The summed E-state index contributed by atoms with van der Waals surface area (Å²) in [6, 6.07) is 10.6. The monoisotopic (exact) mass is 405 g/mol. The molecule has 8 heteroatoms. The summed E-state index contributed by atoms with van der Waals surface area (Å²) in [4.78, 5) is 29.2. The molecule has 1 aliphatic rings. The number of anilines is 1. The van der Waals surface area contributed by atoms with Crippen molar-refractivity contribution in [3.8, 4) is 5.75 Å². The average Bonchev–Trinajstić information content (AvgIpc) is 2.64.